The first-order valence-electron chi connectivity index (χ1n) is 8.24. The van der Waals surface area contributed by atoms with E-state index in [1.807, 2.05) is 43.3 Å². The molecule has 0 bridgehead atoms. The molecular weight excluding hydrogens is 368 g/mol. The van der Waals surface area contributed by atoms with Crippen LogP contribution in [-0.2, 0) is 12.2 Å². The standard InChI is InChI=1S/C20H15ClN2O2S/c1-2-12-7-18-16(9-17(12)21)14(8-19(24)25-18)11-26-20-15-6-4-3-5-13(15)10-22-23-20/h3-10H,2,11H2,1H3. The van der Waals surface area contributed by atoms with Crippen LogP contribution >= 0.6 is 23.4 Å². The predicted molar refractivity (Wildman–Crippen MR) is 106 cm³/mol. The van der Waals surface area contributed by atoms with Crippen molar-refractivity contribution in [2.45, 2.75) is 24.1 Å². The first-order valence-corrected chi connectivity index (χ1v) is 9.60. The maximum absolute atomic E-state index is 12.0. The number of halogens is 1. The zero-order valence-corrected chi connectivity index (χ0v) is 15.6. The lowest BCUT2D eigenvalue weighted by molar-refractivity contribution is 0.559. The summed E-state index contributed by atoms with van der Waals surface area (Å²) in [6.07, 6.45) is 2.53. The average Bonchev–Trinajstić information content (AvgIpc) is 2.66. The summed E-state index contributed by atoms with van der Waals surface area (Å²) in [4.78, 5) is 12.0. The Hall–Kier alpha value is -2.37. The van der Waals surface area contributed by atoms with E-state index in [1.54, 1.807) is 18.0 Å². The van der Waals surface area contributed by atoms with Crippen LogP contribution < -0.4 is 5.63 Å². The minimum absolute atomic E-state index is 0.360. The van der Waals surface area contributed by atoms with Crippen molar-refractivity contribution in [2.24, 2.45) is 0 Å². The van der Waals surface area contributed by atoms with Crippen LogP contribution in [0.3, 0.4) is 0 Å². The Morgan fingerprint density at radius 1 is 1.12 bits per heavy atom. The highest BCUT2D eigenvalue weighted by molar-refractivity contribution is 7.98. The van der Waals surface area contributed by atoms with Crippen LogP contribution in [0.15, 0.2) is 62.9 Å². The summed E-state index contributed by atoms with van der Waals surface area (Å²) in [5.74, 6) is 0.576. The van der Waals surface area contributed by atoms with Crippen LogP contribution in [-0.4, -0.2) is 10.2 Å². The number of fused-ring (bicyclic) bond motifs is 2. The third-order valence-corrected chi connectivity index (χ3v) is 5.66. The number of hydrogen-bond acceptors (Lipinski definition) is 5. The van der Waals surface area contributed by atoms with Crippen molar-refractivity contribution in [3.8, 4) is 0 Å². The van der Waals surface area contributed by atoms with Crippen LogP contribution in [0.25, 0.3) is 21.7 Å². The van der Waals surface area contributed by atoms with Crippen molar-refractivity contribution >= 4 is 45.1 Å². The van der Waals surface area contributed by atoms with Crippen molar-refractivity contribution < 1.29 is 4.42 Å². The Balaban J connectivity index is 1.75. The maximum Gasteiger partial charge on any atom is 0.336 e. The quantitative estimate of drug-likeness (QED) is 0.356. The molecular formula is C20H15ClN2O2S. The van der Waals surface area contributed by atoms with E-state index >= 15 is 0 Å². The zero-order chi connectivity index (χ0) is 18.1. The monoisotopic (exact) mass is 382 g/mol. The van der Waals surface area contributed by atoms with Crippen molar-refractivity contribution in [2.75, 3.05) is 0 Å². The van der Waals surface area contributed by atoms with E-state index in [-0.39, 0.29) is 5.63 Å². The number of benzene rings is 2. The van der Waals surface area contributed by atoms with Gasteiger partial charge in [0.05, 0.1) is 6.20 Å². The van der Waals surface area contributed by atoms with Crippen molar-refractivity contribution in [3.05, 3.63) is 75.2 Å². The molecule has 130 valence electrons. The molecule has 0 aliphatic carbocycles. The first-order chi connectivity index (χ1) is 12.7. The molecule has 6 heteroatoms. The van der Waals surface area contributed by atoms with E-state index in [4.69, 9.17) is 16.0 Å². The normalized spacial score (nSPS) is 11.3. The summed E-state index contributed by atoms with van der Waals surface area (Å²) in [6, 6.07) is 13.2. The summed E-state index contributed by atoms with van der Waals surface area (Å²) in [7, 11) is 0. The third kappa shape index (κ3) is 3.20. The van der Waals surface area contributed by atoms with Crippen LogP contribution in [0.1, 0.15) is 18.1 Å². The second-order valence-electron chi connectivity index (χ2n) is 5.91. The van der Waals surface area contributed by atoms with Gasteiger partial charge in [-0.05, 0) is 29.7 Å². The van der Waals surface area contributed by atoms with Gasteiger partial charge in [-0.15, -0.1) is 5.10 Å². The molecule has 0 spiro atoms. The highest BCUT2D eigenvalue weighted by Gasteiger charge is 2.11. The smallest absolute Gasteiger partial charge is 0.336 e. The number of rotatable bonds is 4. The Kier molecular flexibility index (Phi) is 4.66. The molecule has 2 heterocycles. The second kappa shape index (κ2) is 7.09. The molecule has 26 heavy (non-hydrogen) atoms. The maximum atomic E-state index is 12.0. The van der Waals surface area contributed by atoms with Crippen LogP contribution in [0.2, 0.25) is 5.02 Å². The topological polar surface area (TPSA) is 56.0 Å². The van der Waals surface area contributed by atoms with Gasteiger partial charge in [-0.1, -0.05) is 54.6 Å². The molecule has 0 fully saturated rings. The lowest BCUT2D eigenvalue weighted by Crippen LogP contribution is -2.01. The number of aryl methyl sites for hydroxylation is 1. The number of hydrogen-bond donors (Lipinski definition) is 0. The number of nitrogens with zero attached hydrogens (tertiary/aromatic N) is 2. The fourth-order valence-electron chi connectivity index (χ4n) is 2.93. The van der Waals surface area contributed by atoms with E-state index < -0.39 is 0 Å². The van der Waals surface area contributed by atoms with Gasteiger partial charge in [-0.3, -0.25) is 0 Å². The first kappa shape index (κ1) is 17.1. The lowest BCUT2D eigenvalue weighted by atomic mass is 10.1. The van der Waals surface area contributed by atoms with Gasteiger partial charge in [0.1, 0.15) is 10.6 Å². The van der Waals surface area contributed by atoms with Gasteiger partial charge in [0.25, 0.3) is 0 Å². The Morgan fingerprint density at radius 3 is 2.81 bits per heavy atom. The summed E-state index contributed by atoms with van der Waals surface area (Å²) in [6.45, 7) is 2.02. The second-order valence-corrected chi connectivity index (χ2v) is 7.28. The lowest BCUT2D eigenvalue weighted by Gasteiger charge is -2.09. The summed E-state index contributed by atoms with van der Waals surface area (Å²) >= 11 is 7.91. The van der Waals surface area contributed by atoms with E-state index in [1.165, 1.54) is 6.07 Å². The van der Waals surface area contributed by atoms with Crippen molar-refractivity contribution in [3.63, 3.8) is 0 Å². The molecule has 0 atom stereocenters. The highest BCUT2D eigenvalue weighted by atomic mass is 35.5. The van der Waals surface area contributed by atoms with Crippen LogP contribution in [0.5, 0.6) is 0 Å². The van der Waals surface area contributed by atoms with E-state index in [0.717, 1.165) is 38.7 Å². The number of aromatic nitrogens is 2. The largest absolute Gasteiger partial charge is 0.423 e. The highest BCUT2D eigenvalue weighted by Crippen LogP contribution is 2.31. The SMILES string of the molecule is CCc1cc2oc(=O)cc(CSc3nncc4ccccc34)c2cc1Cl. The minimum Gasteiger partial charge on any atom is -0.423 e. The van der Waals surface area contributed by atoms with Crippen molar-refractivity contribution in [1.29, 1.82) is 0 Å². The molecule has 0 saturated heterocycles. The van der Waals surface area contributed by atoms with Gasteiger partial charge in [0.15, 0.2) is 0 Å². The van der Waals surface area contributed by atoms with Crippen LogP contribution in [0, 0.1) is 0 Å². The third-order valence-electron chi connectivity index (χ3n) is 4.28. The molecule has 0 amide bonds. The van der Waals surface area contributed by atoms with Gasteiger partial charge < -0.3 is 4.42 Å². The Labute approximate surface area is 159 Å². The fraction of sp³-hybridized carbons (Fsp3) is 0.150. The predicted octanol–water partition coefficient (Wildman–Crippen LogP) is 5.24. The fourth-order valence-corrected chi connectivity index (χ4v) is 4.21. The molecule has 0 aliphatic heterocycles. The van der Waals surface area contributed by atoms with Gasteiger partial charge >= 0.3 is 5.63 Å². The molecule has 2 aromatic heterocycles. The van der Waals surface area contributed by atoms with Crippen molar-refractivity contribution in [1.82, 2.24) is 10.2 Å². The Bertz CT molecular complexity index is 1170. The summed E-state index contributed by atoms with van der Waals surface area (Å²) < 4.78 is 5.37. The van der Waals surface area contributed by atoms with Gasteiger partial charge in [-0.25, -0.2) is 4.79 Å². The van der Waals surface area contributed by atoms with Gasteiger partial charge in [0, 0.05) is 33.0 Å². The summed E-state index contributed by atoms with van der Waals surface area (Å²) in [5, 5.41) is 12.8. The molecule has 4 rings (SSSR count). The molecule has 0 radical (unpaired) electrons. The summed E-state index contributed by atoms with van der Waals surface area (Å²) in [5.41, 5.74) is 2.05. The molecule has 4 nitrogen and oxygen atoms in total. The van der Waals surface area contributed by atoms with E-state index in [9.17, 15) is 4.79 Å². The van der Waals surface area contributed by atoms with Gasteiger partial charge in [0.2, 0.25) is 0 Å². The average molecular weight is 383 g/mol. The zero-order valence-electron chi connectivity index (χ0n) is 14.0. The van der Waals surface area contributed by atoms with E-state index in [2.05, 4.69) is 10.2 Å². The molecule has 0 aliphatic rings. The van der Waals surface area contributed by atoms with Crippen LogP contribution in [0.4, 0.5) is 0 Å². The molecule has 0 unspecified atom stereocenters. The van der Waals surface area contributed by atoms with E-state index in [0.29, 0.717) is 16.4 Å². The molecule has 2 aromatic carbocycles. The molecule has 4 aromatic rings. The molecule has 0 saturated carbocycles. The Morgan fingerprint density at radius 2 is 1.96 bits per heavy atom. The van der Waals surface area contributed by atoms with Gasteiger partial charge in [-0.2, -0.15) is 5.10 Å². The minimum atomic E-state index is -0.360. The number of thioether (sulfide) groups is 1. The molecule has 0 N–H and O–H groups in total.